The number of nitriles is 1. The van der Waals surface area contributed by atoms with Crippen LogP contribution < -0.4 is 0 Å². The molecule has 10 aromatic rings. The summed E-state index contributed by atoms with van der Waals surface area (Å²) in [5, 5.41) is 13.5. The van der Waals surface area contributed by atoms with E-state index in [4.69, 9.17) is 0 Å². The topological polar surface area (TPSA) is 72.3 Å². The maximum absolute atomic E-state index is 14.6. The molecule has 0 amide bonds. The minimum absolute atomic E-state index is 0.0515. The monoisotopic (exact) mass is 964 g/mol. The van der Waals surface area contributed by atoms with Gasteiger partial charge in [0.05, 0.1) is 55.7 Å². The molecule has 0 N–H and O–H groups in total. The Morgan fingerprint density at radius 1 is 0.414 bits per heavy atom. The van der Waals surface area contributed by atoms with Crippen molar-refractivity contribution >= 4 is 43.6 Å². The van der Waals surface area contributed by atoms with E-state index in [0.717, 1.165) is 12.1 Å². The van der Waals surface area contributed by atoms with E-state index >= 15 is 0 Å². The van der Waals surface area contributed by atoms with E-state index in [9.17, 15) is 57.9 Å². The lowest BCUT2D eigenvalue weighted by atomic mass is 9.96. The fraction of sp³-hybridized carbons (Fsp3) is 0.115. The summed E-state index contributed by atoms with van der Waals surface area (Å²) in [4.78, 5) is 13.5. The largest absolute Gasteiger partial charge is 0.417 e. The number of benzene rings is 7. The molecule has 0 aliphatic rings. The predicted octanol–water partition coefficient (Wildman–Crippen LogP) is 15.6. The summed E-state index contributed by atoms with van der Waals surface area (Å²) >= 11 is 0. The van der Waals surface area contributed by atoms with Crippen LogP contribution in [0.25, 0.3) is 88.6 Å². The number of hydrogen-bond donors (Lipinski definition) is 0. The van der Waals surface area contributed by atoms with Crippen molar-refractivity contribution < 1.29 is 52.7 Å². The SMILES string of the molecule is Cc1nc(C)nc(-c2cc(-n3c4ccccc4c4ccc(-c5ccc(C(F)(F)F)cc5C(F)(F)F)cc43)c(C#N)c(-n3c4ccccc4c4ccc(-c5ccc(C(F)(F)F)cc5C(F)(F)F)cc43)c2)n1. The normalized spacial score (nSPS) is 12.7. The second-order valence-corrected chi connectivity index (χ2v) is 16.4. The van der Waals surface area contributed by atoms with Gasteiger partial charge in [-0.3, -0.25) is 0 Å². The van der Waals surface area contributed by atoms with Crippen molar-refractivity contribution in [2.45, 2.75) is 38.6 Å². The van der Waals surface area contributed by atoms with E-state index in [2.05, 4.69) is 21.0 Å². The first-order valence-corrected chi connectivity index (χ1v) is 20.9. The molecular formula is C52H28F12N6. The Morgan fingerprint density at radius 2 is 0.814 bits per heavy atom. The van der Waals surface area contributed by atoms with E-state index in [1.807, 2.05) is 0 Å². The fourth-order valence-corrected chi connectivity index (χ4v) is 9.16. The molecule has 6 nitrogen and oxygen atoms in total. The zero-order chi connectivity index (χ0) is 49.8. The van der Waals surface area contributed by atoms with Gasteiger partial charge in [-0.2, -0.15) is 57.9 Å². The molecule has 3 heterocycles. The minimum Gasteiger partial charge on any atom is -0.308 e. The third-order valence-corrected chi connectivity index (χ3v) is 12.1. The van der Waals surface area contributed by atoms with E-state index < -0.39 is 58.1 Å². The number of nitrogens with zero attached hydrogens (tertiary/aromatic N) is 6. The lowest BCUT2D eigenvalue weighted by Crippen LogP contribution is -2.12. The van der Waals surface area contributed by atoms with Gasteiger partial charge in [0.1, 0.15) is 23.3 Å². The molecule has 0 aliphatic carbocycles. The van der Waals surface area contributed by atoms with Gasteiger partial charge in [-0.05, 0) is 96.8 Å². The maximum atomic E-state index is 14.6. The molecule has 18 heteroatoms. The molecular weight excluding hydrogens is 937 g/mol. The molecule has 7 aromatic carbocycles. The van der Waals surface area contributed by atoms with Gasteiger partial charge in [-0.1, -0.05) is 72.8 Å². The first-order valence-electron chi connectivity index (χ1n) is 20.9. The molecule has 0 saturated carbocycles. The van der Waals surface area contributed by atoms with Gasteiger partial charge < -0.3 is 9.13 Å². The molecule has 0 saturated heterocycles. The summed E-state index contributed by atoms with van der Waals surface area (Å²) in [6.07, 6.45) is -20.6. The highest BCUT2D eigenvalue weighted by atomic mass is 19.4. The Labute approximate surface area is 387 Å². The van der Waals surface area contributed by atoms with Crippen LogP contribution in [-0.2, 0) is 24.7 Å². The fourth-order valence-electron chi connectivity index (χ4n) is 9.16. The van der Waals surface area contributed by atoms with Gasteiger partial charge >= 0.3 is 24.7 Å². The number of aromatic nitrogens is 5. The number of rotatable bonds is 5. The average Bonchev–Trinajstić information content (AvgIpc) is 3.81. The number of hydrogen-bond acceptors (Lipinski definition) is 4. The average molecular weight is 965 g/mol. The van der Waals surface area contributed by atoms with Crippen LogP contribution in [0, 0.1) is 25.2 Å². The molecule has 3 aromatic heterocycles. The maximum Gasteiger partial charge on any atom is 0.417 e. The Hall–Kier alpha value is -8.20. The Morgan fingerprint density at radius 3 is 1.20 bits per heavy atom. The van der Waals surface area contributed by atoms with Gasteiger partial charge in [-0.25, -0.2) is 15.0 Å². The minimum atomic E-state index is -5.21. The summed E-state index contributed by atoms with van der Waals surface area (Å²) in [7, 11) is 0. The summed E-state index contributed by atoms with van der Waals surface area (Å²) in [5.41, 5.74) is -5.52. The van der Waals surface area contributed by atoms with Crippen LogP contribution in [0.15, 0.2) is 133 Å². The molecule has 0 fully saturated rings. The van der Waals surface area contributed by atoms with Crippen molar-refractivity contribution in [1.82, 2.24) is 24.1 Å². The van der Waals surface area contributed by atoms with Crippen LogP contribution in [0.1, 0.15) is 39.5 Å². The van der Waals surface area contributed by atoms with Gasteiger partial charge in [0.25, 0.3) is 0 Å². The number of alkyl halides is 12. The summed E-state index contributed by atoms with van der Waals surface area (Å²) in [5.74, 6) is 0.748. The van der Waals surface area contributed by atoms with Crippen LogP contribution in [0.5, 0.6) is 0 Å². The van der Waals surface area contributed by atoms with E-state index in [-0.39, 0.29) is 62.6 Å². The van der Waals surface area contributed by atoms with Gasteiger partial charge in [0.2, 0.25) is 0 Å². The quantitative estimate of drug-likeness (QED) is 0.161. The Bertz CT molecular complexity index is 3600. The van der Waals surface area contributed by atoms with Crippen molar-refractivity contribution in [2.24, 2.45) is 0 Å². The molecule has 70 heavy (non-hydrogen) atoms. The second kappa shape index (κ2) is 15.9. The first-order chi connectivity index (χ1) is 33.0. The van der Waals surface area contributed by atoms with Crippen LogP contribution in [0.2, 0.25) is 0 Å². The lowest BCUT2D eigenvalue weighted by Gasteiger charge is -2.19. The van der Waals surface area contributed by atoms with Crippen LogP contribution in [0.4, 0.5) is 52.7 Å². The predicted molar refractivity (Wildman–Crippen MR) is 239 cm³/mol. The summed E-state index contributed by atoms with van der Waals surface area (Å²) < 4.78 is 174. The lowest BCUT2D eigenvalue weighted by molar-refractivity contribution is -0.144. The van der Waals surface area contributed by atoms with Gasteiger partial charge in [-0.15, -0.1) is 0 Å². The van der Waals surface area contributed by atoms with E-state index in [1.165, 1.54) is 36.4 Å². The van der Waals surface area contributed by atoms with E-state index in [1.54, 1.807) is 83.6 Å². The number of para-hydroxylation sites is 2. The van der Waals surface area contributed by atoms with Crippen molar-refractivity contribution in [3.8, 4) is 51.1 Å². The molecule has 0 bridgehead atoms. The highest BCUT2D eigenvalue weighted by Gasteiger charge is 2.40. The Kier molecular flexibility index (Phi) is 10.4. The van der Waals surface area contributed by atoms with E-state index in [0.29, 0.717) is 56.4 Å². The van der Waals surface area contributed by atoms with Gasteiger partial charge in [0, 0.05) is 27.1 Å². The van der Waals surface area contributed by atoms with Gasteiger partial charge in [0.15, 0.2) is 5.82 Å². The number of aryl methyl sites for hydroxylation is 2. The number of fused-ring (bicyclic) bond motifs is 6. The molecule has 0 atom stereocenters. The first kappa shape index (κ1) is 45.6. The summed E-state index contributed by atoms with van der Waals surface area (Å²) in [6.45, 7) is 3.25. The molecule has 0 aliphatic heterocycles. The highest BCUT2D eigenvalue weighted by Crippen LogP contribution is 2.46. The molecule has 0 spiro atoms. The van der Waals surface area contributed by atoms with Crippen molar-refractivity contribution in [3.63, 3.8) is 0 Å². The molecule has 0 radical (unpaired) electrons. The van der Waals surface area contributed by atoms with Crippen molar-refractivity contribution in [1.29, 1.82) is 5.26 Å². The zero-order valence-corrected chi connectivity index (χ0v) is 35.9. The second-order valence-electron chi connectivity index (χ2n) is 16.4. The van der Waals surface area contributed by atoms with Crippen LogP contribution in [-0.4, -0.2) is 24.1 Å². The molecule has 350 valence electrons. The standard InChI is InChI=1S/C52H28F12N6/c1-26-66-27(2)68-48(67-26)30-21-46(69-42-9-5-3-7-35(42)37-15-11-28(19-44(37)69)33-17-13-31(49(53,54)55)23-40(33)51(59,60)61)39(25-65)47(22-30)70-43-10-6-4-8-36(43)38-16-12-29(20-45(38)70)34-18-14-32(50(56,57)58)24-41(34)52(62,63)64/h3-24H,1-2H3. The molecule has 10 rings (SSSR count). The summed E-state index contributed by atoms with van der Waals surface area (Å²) in [6, 6.07) is 30.4. The van der Waals surface area contributed by atoms with Crippen LogP contribution in [0.3, 0.4) is 0 Å². The molecule has 0 unspecified atom stereocenters. The zero-order valence-electron chi connectivity index (χ0n) is 35.9. The smallest absolute Gasteiger partial charge is 0.308 e. The third kappa shape index (κ3) is 7.71. The van der Waals surface area contributed by atoms with Crippen LogP contribution >= 0.6 is 0 Å². The highest BCUT2D eigenvalue weighted by molar-refractivity contribution is 6.12. The van der Waals surface area contributed by atoms with Crippen molar-refractivity contribution in [3.05, 3.63) is 173 Å². The van der Waals surface area contributed by atoms with Crippen molar-refractivity contribution in [2.75, 3.05) is 0 Å². The Balaban J connectivity index is 1.31. The third-order valence-electron chi connectivity index (χ3n) is 12.1. The number of halogens is 12.